The number of hydrogen-bond acceptors (Lipinski definition) is 5. The molecule has 0 spiro atoms. The van der Waals surface area contributed by atoms with E-state index in [0.717, 1.165) is 49.8 Å². The molecule has 1 aromatic heterocycles. The minimum Gasteiger partial charge on any atom is -0.370 e. The Morgan fingerprint density at radius 2 is 1.59 bits per heavy atom. The van der Waals surface area contributed by atoms with Crippen LogP contribution in [0.25, 0.3) is 0 Å². The molecule has 4 rings (SSSR count). The van der Waals surface area contributed by atoms with Crippen LogP contribution < -0.4 is 15.1 Å². The quantitative estimate of drug-likeness (QED) is 0.689. The van der Waals surface area contributed by atoms with Gasteiger partial charge in [-0.05, 0) is 36.2 Å². The summed E-state index contributed by atoms with van der Waals surface area (Å²) in [5.74, 6) is 1.21. The first-order valence-electron chi connectivity index (χ1n) is 9.74. The van der Waals surface area contributed by atoms with Gasteiger partial charge < -0.3 is 15.1 Å². The Balaban J connectivity index is 1.32. The molecule has 150 valence electrons. The average Bonchev–Trinajstić information content (AvgIpc) is 2.76. The number of rotatable bonds is 6. The van der Waals surface area contributed by atoms with Gasteiger partial charge in [0.1, 0.15) is 29.6 Å². The highest BCUT2D eigenvalue weighted by molar-refractivity contribution is 5.52. The molecule has 0 saturated carbocycles. The lowest BCUT2D eigenvalue weighted by molar-refractivity contribution is 0.596. The number of para-hydroxylation sites is 1. The van der Waals surface area contributed by atoms with Crippen molar-refractivity contribution >= 4 is 17.3 Å². The van der Waals surface area contributed by atoms with Crippen LogP contribution in [0.1, 0.15) is 5.56 Å². The van der Waals surface area contributed by atoms with Gasteiger partial charge in [-0.3, -0.25) is 0 Å². The highest BCUT2D eigenvalue weighted by Crippen LogP contribution is 2.22. The van der Waals surface area contributed by atoms with E-state index in [1.807, 2.05) is 18.2 Å². The lowest BCUT2D eigenvalue weighted by atomic mass is 10.1. The van der Waals surface area contributed by atoms with Gasteiger partial charge in [-0.15, -0.1) is 0 Å². The molecule has 2 heterocycles. The van der Waals surface area contributed by atoms with Crippen molar-refractivity contribution in [2.75, 3.05) is 47.8 Å². The molecule has 1 fully saturated rings. The maximum atomic E-state index is 14.0. The van der Waals surface area contributed by atoms with Gasteiger partial charge in [0.25, 0.3) is 0 Å². The number of nitrogens with one attached hydrogen (secondary N) is 1. The molecule has 0 atom stereocenters. The first kappa shape index (κ1) is 19.1. The van der Waals surface area contributed by atoms with Gasteiger partial charge in [0.05, 0.1) is 5.69 Å². The van der Waals surface area contributed by atoms with Crippen molar-refractivity contribution in [3.63, 3.8) is 0 Å². The highest BCUT2D eigenvalue weighted by Gasteiger charge is 2.20. The molecule has 1 aliphatic rings. The van der Waals surface area contributed by atoms with Crippen LogP contribution in [0, 0.1) is 11.6 Å². The summed E-state index contributed by atoms with van der Waals surface area (Å²) in [5, 5.41) is 3.30. The monoisotopic (exact) mass is 395 g/mol. The standard InChI is InChI=1S/C22H23F2N5/c23-18-7-5-17(6-8-18)9-10-25-21-15-22(27-16-26-21)29-13-11-28(12-14-29)20-4-2-1-3-19(20)24/h1-8,15-16H,9-14H2,(H,25,26,27). The molecule has 0 unspecified atom stereocenters. The summed E-state index contributed by atoms with van der Waals surface area (Å²) in [5.41, 5.74) is 1.72. The predicted molar refractivity (Wildman–Crippen MR) is 111 cm³/mol. The fourth-order valence-electron chi connectivity index (χ4n) is 3.49. The van der Waals surface area contributed by atoms with Crippen molar-refractivity contribution in [2.24, 2.45) is 0 Å². The number of anilines is 3. The van der Waals surface area contributed by atoms with E-state index in [-0.39, 0.29) is 11.6 Å². The third-order valence-electron chi connectivity index (χ3n) is 5.08. The minimum atomic E-state index is -0.225. The zero-order chi connectivity index (χ0) is 20.1. The Bertz CT molecular complexity index is 940. The first-order valence-corrected chi connectivity index (χ1v) is 9.74. The lowest BCUT2D eigenvalue weighted by Crippen LogP contribution is -2.47. The summed E-state index contributed by atoms with van der Waals surface area (Å²) in [6, 6.07) is 15.3. The third-order valence-corrected chi connectivity index (χ3v) is 5.08. The van der Waals surface area contributed by atoms with Gasteiger partial charge in [-0.25, -0.2) is 18.7 Å². The SMILES string of the molecule is Fc1ccc(CCNc2cc(N3CCN(c4ccccc4F)CC3)ncn2)cc1. The van der Waals surface area contributed by atoms with Gasteiger partial charge in [-0.1, -0.05) is 24.3 Å². The van der Waals surface area contributed by atoms with Crippen molar-refractivity contribution in [1.29, 1.82) is 0 Å². The largest absolute Gasteiger partial charge is 0.370 e. The summed E-state index contributed by atoms with van der Waals surface area (Å²) >= 11 is 0. The van der Waals surface area contributed by atoms with E-state index < -0.39 is 0 Å². The molecule has 5 nitrogen and oxygen atoms in total. The van der Waals surface area contributed by atoms with Crippen molar-refractivity contribution in [1.82, 2.24) is 9.97 Å². The second-order valence-electron chi connectivity index (χ2n) is 6.99. The molecule has 7 heteroatoms. The molecule has 0 aliphatic carbocycles. The van der Waals surface area contributed by atoms with Gasteiger partial charge in [0, 0.05) is 38.8 Å². The highest BCUT2D eigenvalue weighted by atomic mass is 19.1. The maximum Gasteiger partial charge on any atom is 0.146 e. The van der Waals surface area contributed by atoms with Crippen LogP contribution in [-0.2, 0) is 6.42 Å². The molecule has 0 bridgehead atoms. The van der Waals surface area contributed by atoms with Gasteiger partial charge >= 0.3 is 0 Å². The van der Waals surface area contributed by atoms with Crippen LogP contribution in [0.4, 0.5) is 26.1 Å². The summed E-state index contributed by atoms with van der Waals surface area (Å²) in [7, 11) is 0. The van der Waals surface area contributed by atoms with E-state index >= 15 is 0 Å². The molecule has 1 aliphatic heterocycles. The summed E-state index contributed by atoms with van der Waals surface area (Å²) < 4.78 is 27.0. The van der Waals surface area contributed by atoms with Gasteiger partial charge in [-0.2, -0.15) is 0 Å². The number of nitrogens with zero attached hydrogens (tertiary/aromatic N) is 4. The van der Waals surface area contributed by atoms with Crippen molar-refractivity contribution in [2.45, 2.75) is 6.42 Å². The van der Waals surface area contributed by atoms with Crippen molar-refractivity contribution in [3.8, 4) is 0 Å². The number of hydrogen-bond donors (Lipinski definition) is 1. The summed E-state index contributed by atoms with van der Waals surface area (Å²) in [4.78, 5) is 12.9. The molecule has 0 radical (unpaired) electrons. The Morgan fingerprint density at radius 1 is 0.862 bits per heavy atom. The Labute approximate surface area is 169 Å². The molecule has 1 saturated heterocycles. The number of piperazine rings is 1. The number of benzene rings is 2. The van der Waals surface area contributed by atoms with Gasteiger partial charge in [0.15, 0.2) is 0 Å². The lowest BCUT2D eigenvalue weighted by Gasteiger charge is -2.36. The molecule has 0 amide bonds. The normalized spacial score (nSPS) is 14.1. The molecule has 2 aromatic carbocycles. The Kier molecular flexibility index (Phi) is 5.84. The Morgan fingerprint density at radius 3 is 2.34 bits per heavy atom. The van der Waals surface area contributed by atoms with Crippen LogP contribution in [0.2, 0.25) is 0 Å². The molecular formula is C22H23F2N5. The van der Waals surface area contributed by atoms with E-state index in [4.69, 9.17) is 0 Å². The van der Waals surface area contributed by atoms with E-state index in [0.29, 0.717) is 12.2 Å². The molecule has 3 aromatic rings. The molecule has 29 heavy (non-hydrogen) atoms. The maximum absolute atomic E-state index is 14.0. The molecule has 1 N–H and O–H groups in total. The van der Waals surface area contributed by atoms with E-state index in [2.05, 4.69) is 25.1 Å². The van der Waals surface area contributed by atoms with Crippen LogP contribution in [-0.4, -0.2) is 42.7 Å². The average molecular weight is 395 g/mol. The Hall–Kier alpha value is -3.22. The van der Waals surface area contributed by atoms with Crippen LogP contribution >= 0.6 is 0 Å². The number of aromatic nitrogens is 2. The second-order valence-corrected chi connectivity index (χ2v) is 6.99. The second kappa shape index (κ2) is 8.86. The van der Waals surface area contributed by atoms with E-state index in [9.17, 15) is 8.78 Å². The number of halogens is 2. The first-order chi connectivity index (χ1) is 14.2. The van der Waals surface area contributed by atoms with Crippen molar-refractivity contribution in [3.05, 3.63) is 78.1 Å². The zero-order valence-electron chi connectivity index (χ0n) is 16.1. The predicted octanol–water partition coefficient (Wildman–Crippen LogP) is 3.74. The van der Waals surface area contributed by atoms with E-state index in [1.165, 1.54) is 18.2 Å². The van der Waals surface area contributed by atoms with Crippen LogP contribution in [0.3, 0.4) is 0 Å². The fraction of sp³-hybridized carbons (Fsp3) is 0.273. The molecular weight excluding hydrogens is 372 g/mol. The zero-order valence-corrected chi connectivity index (χ0v) is 16.1. The van der Waals surface area contributed by atoms with Crippen LogP contribution in [0.5, 0.6) is 0 Å². The third kappa shape index (κ3) is 4.80. The van der Waals surface area contributed by atoms with E-state index in [1.54, 1.807) is 24.5 Å². The smallest absolute Gasteiger partial charge is 0.146 e. The van der Waals surface area contributed by atoms with Crippen LogP contribution in [0.15, 0.2) is 60.9 Å². The minimum absolute atomic E-state index is 0.185. The van der Waals surface area contributed by atoms with Gasteiger partial charge in [0.2, 0.25) is 0 Å². The fourth-order valence-corrected chi connectivity index (χ4v) is 3.49. The topological polar surface area (TPSA) is 44.3 Å². The summed E-state index contributed by atoms with van der Waals surface area (Å²) in [6.45, 7) is 3.69. The van der Waals surface area contributed by atoms with Crippen molar-refractivity contribution < 1.29 is 8.78 Å². The summed E-state index contributed by atoms with van der Waals surface area (Å²) in [6.07, 6.45) is 2.33.